The molecule has 3 rings (SSSR count). The number of Topliss-reactive ketones (excluding diaryl/α,β-unsaturated/α-hetero) is 1. The quantitative estimate of drug-likeness (QED) is 0.192. The average molecular weight is 459 g/mol. The van der Waals surface area contributed by atoms with Crippen molar-refractivity contribution in [3.05, 3.63) is 29.8 Å². The lowest BCUT2D eigenvalue weighted by Crippen LogP contribution is -2.65. The molecule has 8 N–H and O–H groups in total. The van der Waals surface area contributed by atoms with E-state index < -0.39 is 74.6 Å². The molecule has 1 aromatic rings. The first-order valence-electron chi connectivity index (χ1n) is 10.1. The molecule has 2 aliphatic heterocycles. The van der Waals surface area contributed by atoms with Crippen LogP contribution in [-0.2, 0) is 14.2 Å². The number of benzene rings is 1. The van der Waals surface area contributed by atoms with E-state index in [0.29, 0.717) is 11.3 Å². The summed E-state index contributed by atoms with van der Waals surface area (Å²) in [6.45, 7) is 0.122. The van der Waals surface area contributed by atoms with Gasteiger partial charge in [-0.1, -0.05) is 0 Å². The molecule has 0 bridgehead atoms. The van der Waals surface area contributed by atoms with Crippen molar-refractivity contribution in [3.8, 4) is 0 Å². The molecule has 2 saturated heterocycles. The Balaban J connectivity index is 1.70. The van der Waals surface area contributed by atoms with Gasteiger partial charge in [0.15, 0.2) is 18.3 Å². The molecule has 0 aromatic heterocycles. The van der Waals surface area contributed by atoms with E-state index >= 15 is 0 Å². The van der Waals surface area contributed by atoms with Crippen molar-refractivity contribution >= 4 is 11.5 Å². The van der Waals surface area contributed by atoms with Crippen molar-refractivity contribution in [2.24, 2.45) is 0 Å². The van der Waals surface area contributed by atoms with Crippen LogP contribution in [0.2, 0.25) is 0 Å². The van der Waals surface area contributed by atoms with Gasteiger partial charge >= 0.3 is 0 Å². The number of ether oxygens (including phenoxy) is 3. The van der Waals surface area contributed by atoms with Gasteiger partial charge in [0.05, 0.1) is 13.2 Å². The monoisotopic (exact) mass is 459 g/mol. The molecule has 0 radical (unpaired) electrons. The molecule has 1 aromatic carbocycles. The first-order valence-corrected chi connectivity index (χ1v) is 10.1. The summed E-state index contributed by atoms with van der Waals surface area (Å²) in [5.41, 5.74) is 0.971. The Bertz CT molecular complexity index is 758. The summed E-state index contributed by atoms with van der Waals surface area (Å²) in [7, 11) is 0. The van der Waals surface area contributed by atoms with Crippen molar-refractivity contribution < 1.29 is 54.8 Å². The lowest BCUT2D eigenvalue weighted by molar-refractivity contribution is -0.340. The van der Waals surface area contributed by atoms with Crippen LogP contribution in [0.5, 0.6) is 0 Å². The van der Waals surface area contributed by atoms with E-state index in [-0.39, 0.29) is 5.78 Å². The third-order valence-electron chi connectivity index (χ3n) is 5.60. The molecule has 180 valence electrons. The van der Waals surface area contributed by atoms with Crippen molar-refractivity contribution in [2.45, 2.75) is 68.3 Å². The number of aliphatic hydroxyl groups is 7. The molecule has 32 heavy (non-hydrogen) atoms. The van der Waals surface area contributed by atoms with Crippen molar-refractivity contribution in [2.75, 3.05) is 18.5 Å². The van der Waals surface area contributed by atoms with Gasteiger partial charge < -0.3 is 55.3 Å². The normalized spacial score (nSPS) is 40.1. The Morgan fingerprint density at radius 3 is 2.06 bits per heavy atom. The molecule has 10 atom stereocenters. The van der Waals surface area contributed by atoms with Crippen molar-refractivity contribution in [1.82, 2.24) is 0 Å². The number of carbonyl (C=O) groups excluding carboxylic acids is 1. The number of ketones is 1. The maximum Gasteiger partial charge on any atom is 0.187 e. The van der Waals surface area contributed by atoms with E-state index in [1.807, 2.05) is 0 Å². The van der Waals surface area contributed by atoms with E-state index in [2.05, 4.69) is 5.32 Å². The SMILES string of the molecule is CC(=O)c1ccc(N[C@H]2O[C@@H](CO)[C@@H](O[C@H]3O[C@@H](CO)[C@@H](O)[C@@H](O)[C@H]3O)[C@@H](O)[C@H]2O)cc1. The van der Waals surface area contributed by atoms with Gasteiger partial charge in [0.2, 0.25) is 0 Å². The van der Waals surface area contributed by atoms with Crippen LogP contribution in [0.4, 0.5) is 5.69 Å². The van der Waals surface area contributed by atoms with E-state index in [4.69, 9.17) is 14.2 Å². The molecule has 12 nitrogen and oxygen atoms in total. The van der Waals surface area contributed by atoms with E-state index in [9.17, 15) is 40.5 Å². The van der Waals surface area contributed by atoms with Gasteiger partial charge in [-0.05, 0) is 31.2 Å². The first-order chi connectivity index (χ1) is 15.2. The summed E-state index contributed by atoms with van der Waals surface area (Å²) in [6, 6.07) is 6.32. The molecule has 2 aliphatic rings. The van der Waals surface area contributed by atoms with Crippen LogP contribution in [0.15, 0.2) is 24.3 Å². The number of rotatable bonds is 7. The van der Waals surface area contributed by atoms with Crippen LogP contribution in [-0.4, -0.2) is 116 Å². The minimum atomic E-state index is -1.73. The summed E-state index contributed by atoms with van der Waals surface area (Å²) in [4.78, 5) is 11.4. The van der Waals surface area contributed by atoms with E-state index in [0.717, 1.165) is 0 Å². The Kier molecular flexibility index (Phi) is 8.16. The molecule has 12 heteroatoms. The summed E-state index contributed by atoms with van der Waals surface area (Å²) >= 11 is 0. The first kappa shape index (κ1) is 24.9. The molecular formula is C20H29NO11. The van der Waals surface area contributed by atoms with Crippen LogP contribution in [0.3, 0.4) is 0 Å². The molecule has 0 spiro atoms. The van der Waals surface area contributed by atoms with Crippen molar-refractivity contribution in [1.29, 1.82) is 0 Å². The third-order valence-corrected chi connectivity index (χ3v) is 5.60. The number of hydrogen-bond acceptors (Lipinski definition) is 12. The molecule has 0 saturated carbocycles. The molecule has 0 amide bonds. The van der Waals surface area contributed by atoms with Gasteiger partial charge in [0.1, 0.15) is 48.8 Å². The smallest absolute Gasteiger partial charge is 0.187 e. The summed E-state index contributed by atoms with van der Waals surface area (Å²) < 4.78 is 16.4. The second-order valence-electron chi connectivity index (χ2n) is 7.83. The zero-order valence-corrected chi connectivity index (χ0v) is 17.3. The average Bonchev–Trinajstić information content (AvgIpc) is 2.79. The van der Waals surface area contributed by atoms with Crippen LogP contribution in [0.1, 0.15) is 17.3 Å². The van der Waals surface area contributed by atoms with E-state index in [1.54, 1.807) is 24.3 Å². The minimum absolute atomic E-state index is 0.116. The molecule has 0 aliphatic carbocycles. The fraction of sp³-hybridized carbons (Fsp3) is 0.650. The highest BCUT2D eigenvalue weighted by atomic mass is 16.7. The van der Waals surface area contributed by atoms with Gasteiger partial charge in [0, 0.05) is 11.3 Å². The number of nitrogens with one attached hydrogen (secondary N) is 1. The Morgan fingerprint density at radius 1 is 0.875 bits per heavy atom. The van der Waals surface area contributed by atoms with Crippen LogP contribution >= 0.6 is 0 Å². The van der Waals surface area contributed by atoms with Gasteiger partial charge in [-0.25, -0.2) is 0 Å². The van der Waals surface area contributed by atoms with Crippen LogP contribution < -0.4 is 5.32 Å². The number of carbonyl (C=O) groups is 1. The lowest BCUT2D eigenvalue weighted by Gasteiger charge is -2.46. The molecular weight excluding hydrogens is 430 g/mol. The van der Waals surface area contributed by atoms with E-state index in [1.165, 1.54) is 6.92 Å². The predicted molar refractivity (Wildman–Crippen MR) is 106 cm³/mol. The maximum atomic E-state index is 11.4. The number of anilines is 1. The zero-order valence-electron chi connectivity index (χ0n) is 17.3. The largest absolute Gasteiger partial charge is 0.394 e. The Labute approximate surface area is 183 Å². The summed E-state index contributed by atoms with van der Waals surface area (Å²) in [6.07, 6.45) is -14.7. The number of aliphatic hydroxyl groups excluding tert-OH is 7. The highest BCUT2D eigenvalue weighted by molar-refractivity contribution is 5.94. The fourth-order valence-electron chi connectivity index (χ4n) is 3.67. The number of hydrogen-bond donors (Lipinski definition) is 8. The Hall–Kier alpha value is -1.71. The highest BCUT2D eigenvalue weighted by Crippen LogP contribution is 2.29. The van der Waals surface area contributed by atoms with Crippen molar-refractivity contribution in [3.63, 3.8) is 0 Å². The molecule has 2 fully saturated rings. The Morgan fingerprint density at radius 2 is 1.50 bits per heavy atom. The topological polar surface area (TPSA) is 198 Å². The van der Waals surface area contributed by atoms with Gasteiger partial charge in [0.25, 0.3) is 0 Å². The maximum absolute atomic E-state index is 11.4. The van der Waals surface area contributed by atoms with Crippen LogP contribution in [0, 0.1) is 0 Å². The van der Waals surface area contributed by atoms with Gasteiger partial charge in [-0.2, -0.15) is 0 Å². The predicted octanol–water partition coefficient (Wildman–Crippen LogP) is -3.07. The molecule has 0 unspecified atom stereocenters. The van der Waals surface area contributed by atoms with Gasteiger partial charge in [-0.15, -0.1) is 0 Å². The van der Waals surface area contributed by atoms with Crippen LogP contribution in [0.25, 0.3) is 0 Å². The summed E-state index contributed by atoms with van der Waals surface area (Å²) in [5.74, 6) is -0.116. The van der Waals surface area contributed by atoms with Gasteiger partial charge in [-0.3, -0.25) is 4.79 Å². The fourth-order valence-corrected chi connectivity index (χ4v) is 3.67. The molecule has 2 heterocycles. The summed E-state index contributed by atoms with van der Waals surface area (Å²) in [5, 5.41) is 72.9. The highest BCUT2D eigenvalue weighted by Gasteiger charge is 2.50. The lowest BCUT2D eigenvalue weighted by atomic mass is 9.96. The minimum Gasteiger partial charge on any atom is -0.394 e. The zero-order chi connectivity index (χ0) is 23.6. The third kappa shape index (κ3) is 5.10. The second kappa shape index (κ2) is 10.5. The second-order valence-corrected chi connectivity index (χ2v) is 7.83. The standard InChI is InChI=1S/C20H29NO11/c1-8(24)9-2-4-10(5-3-9)21-19-16(28)15(27)18(12(7-23)30-19)32-20-17(29)14(26)13(25)11(6-22)31-20/h2-5,11-23,25-29H,6-7H2,1H3/t11-,12-,13+,14+,15-,16+,17+,18+,19-,20+/m0/s1.